The zero-order valence-corrected chi connectivity index (χ0v) is 21.0. The molecule has 1 aliphatic heterocycles. The zero-order valence-electron chi connectivity index (χ0n) is 21.0. The number of likely N-dealkylation sites (N-methyl/N-ethyl adjacent to an activating group) is 1. The molecule has 4 aromatic rings. The summed E-state index contributed by atoms with van der Waals surface area (Å²) in [6.07, 6.45) is 5.85. The van der Waals surface area contributed by atoms with Gasteiger partial charge < -0.3 is 14.8 Å². The average Bonchev–Trinajstić information content (AvgIpc) is 3.31. The molecular formula is C25H27F2N9O. The molecule has 12 heteroatoms. The number of hydrogen-bond acceptors (Lipinski definition) is 8. The number of hydrogen-bond donors (Lipinski definition) is 1. The Morgan fingerprint density at radius 1 is 1.11 bits per heavy atom. The highest BCUT2D eigenvalue weighted by Crippen LogP contribution is 2.28. The maximum absolute atomic E-state index is 14.7. The third kappa shape index (κ3) is 4.71. The molecule has 5 rings (SSSR count). The minimum absolute atomic E-state index is 0.0233. The van der Waals surface area contributed by atoms with Crippen LogP contribution in [0.25, 0.3) is 22.4 Å². The molecule has 1 aliphatic rings. The molecule has 1 N–H and O–H groups in total. The lowest BCUT2D eigenvalue weighted by molar-refractivity contribution is -0.124. The first-order valence-corrected chi connectivity index (χ1v) is 12.0. The van der Waals surface area contributed by atoms with Crippen LogP contribution >= 0.6 is 0 Å². The molecule has 1 amide bonds. The van der Waals surface area contributed by atoms with Gasteiger partial charge in [0.1, 0.15) is 17.0 Å². The van der Waals surface area contributed by atoms with Crippen LogP contribution in [0.4, 0.5) is 26.2 Å². The number of halogens is 2. The lowest BCUT2D eigenvalue weighted by atomic mass is 10.0. The number of fused-ring (bicyclic) bond motifs is 1. The van der Waals surface area contributed by atoms with Crippen LogP contribution < -0.4 is 10.2 Å². The number of nitrogens with one attached hydrogen (secondary N) is 1. The Bertz CT molecular complexity index is 1450. The van der Waals surface area contributed by atoms with Crippen LogP contribution in [-0.4, -0.2) is 67.0 Å². The molecule has 37 heavy (non-hydrogen) atoms. The van der Waals surface area contributed by atoms with Crippen molar-refractivity contribution in [3.63, 3.8) is 0 Å². The van der Waals surface area contributed by atoms with E-state index in [4.69, 9.17) is 0 Å². The van der Waals surface area contributed by atoms with Crippen molar-refractivity contribution in [2.75, 3.05) is 30.9 Å². The van der Waals surface area contributed by atoms with E-state index in [0.29, 0.717) is 23.6 Å². The lowest BCUT2D eigenvalue weighted by Crippen LogP contribution is -2.50. The molecule has 0 spiro atoms. The Kier molecular flexibility index (Phi) is 6.50. The number of piperidine rings is 1. The number of aromatic nitrogens is 6. The first-order chi connectivity index (χ1) is 17.7. The lowest BCUT2D eigenvalue weighted by Gasteiger charge is -2.35. The molecule has 1 saturated heterocycles. The van der Waals surface area contributed by atoms with E-state index in [1.165, 1.54) is 6.33 Å². The monoisotopic (exact) mass is 507 g/mol. The number of carbonyl (C=O) groups excluding carboxylic acids is 1. The number of amides is 1. The second-order valence-electron chi connectivity index (χ2n) is 9.44. The smallest absolute Gasteiger partial charge is 0.244 e. The first kappa shape index (κ1) is 24.6. The number of anilines is 3. The summed E-state index contributed by atoms with van der Waals surface area (Å²) in [5, 5.41) is 2.94. The second kappa shape index (κ2) is 9.77. The number of nitrogens with zero attached hydrogens (tertiary/aromatic N) is 8. The van der Waals surface area contributed by atoms with E-state index in [1.807, 2.05) is 32.8 Å². The normalized spacial score (nSPS) is 16.3. The number of imidazole rings is 1. The molecule has 0 bridgehead atoms. The summed E-state index contributed by atoms with van der Waals surface area (Å²) in [6, 6.07) is 4.90. The Labute approximate surface area is 212 Å². The van der Waals surface area contributed by atoms with Crippen molar-refractivity contribution in [3.8, 4) is 11.4 Å². The predicted molar refractivity (Wildman–Crippen MR) is 135 cm³/mol. The van der Waals surface area contributed by atoms with E-state index in [1.54, 1.807) is 33.9 Å². The van der Waals surface area contributed by atoms with E-state index < -0.39 is 11.8 Å². The Morgan fingerprint density at radius 3 is 2.62 bits per heavy atom. The topological polar surface area (TPSA) is 105 Å². The van der Waals surface area contributed by atoms with Crippen LogP contribution in [0.15, 0.2) is 36.9 Å². The molecule has 0 aliphatic carbocycles. The fourth-order valence-corrected chi connectivity index (χ4v) is 4.46. The summed E-state index contributed by atoms with van der Waals surface area (Å²) in [5.74, 6) is -1.03. The zero-order chi connectivity index (χ0) is 26.3. The SMILES string of the molecule is CC(C)n1cnc2c(F)nc(-c3nc(Nc4ccc(N5CCCC(N(C)C)C5=O)cn4)ncc3F)cc21. The molecule has 0 radical (unpaired) electrons. The van der Waals surface area contributed by atoms with Crippen LogP contribution in [0, 0.1) is 11.8 Å². The molecule has 1 fully saturated rings. The van der Waals surface area contributed by atoms with Gasteiger partial charge in [0, 0.05) is 12.6 Å². The fraction of sp³-hybridized carbons (Fsp3) is 0.360. The maximum atomic E-state index is 14.7. The largest absolute Gasteiger partial charge is 0.328 e. The molecule has 0 saturated carbocycles. The molecule has 5 heterocycles. The quantitative estimate of drug-likeness (QED) is 0.391. The van der Waals surface area contributed by atoms with E-state index >= 15 is 0 Å². The van der Waals surface area contributed by atoms with Gasteiger partial charge in [0.05, 0.1) is 41.7 Å². The van der Waals surface area contributed by atoms with Crippen molar-refractivity contribution < 1.29 is 13.6 Å². The van der Waals surface area contributed by atoms with Crippen LogP contribution in [-0.2, 0) is 4.79 Å². The third-order valence-electron chi connectivity index (χ3n) is 6.40. The Balaban J connectivity index is 1.40. The molecule has 1 atom stereocenters. The van der Waals surface area contributed by atoms with Crippen molar-refractivity contribution in [1.82, 2.24) is 34.4 Å². The average molecular weight is 508 g/mol. The van der Waals surface area contributed by atoms with E-state index in [0.717, 1.165) is 19.0 Å². The van der Waals surface area contributed by atoms with Gasteiger partial charge in [-0.05, 0) is 59.0 Å². The standard InChI is InChI=1S/C25H27F2N9O/c1-14(2)36-13-30-22-19(36)10-17(31-23(22)27)21-16(26)12-29-25(33-21)32-20-8-7-15(11-28-20)35-9-5-6-18(24(35)37)34(3)4/h7-8,10-14,18H,5-6,9H2,1-4H3,(H,28,29,32,33). The molecule has 1 unspecified atom stereocenters. The predicted octanol–water partition coefficient (Wildman–Crippen LogP) is 3.94. The minimum atomic E-state index is -0.805. The van der Waals surface area contributed by atoms with Gasteiger partial charge in [-0.25, -0.2) is 29.3 Å². The summed E-state index contributed by atoms with van der Waals surface area (Å²) < 4.78 is 31.1. The van der Waals surface area contributed by atoms with Crippen molar-refractivity contribution in [2.24, 2.45) is 0 Å². The molecular weight excluding hydrogens is 480 g/mol. The van der Waals surface area contributed by atoms with Crippen LogP contribution in [0.5, 0.6) is 0 Å². The van der Waals surface area contributed by atoms with Gasteiger partial charge in [-0.2, -0.15) is 4.39 Å². The van der Waals surface area contributed by atoms with Crippen molar-refractivity contribution >= 4 is 34.4 Å². The molecule has 4 aromatic heterocycles. The second-order valence-corrected chi connectivity index (χ2v) is 9.44. The molecule has 10 nitrogen and oxygen atoms in total. The minimum Gasteiger partial charge on any atom is -0.328 e. The fourth-order valence-electron chi connectivity index (χ4n) is 4.46. The van der Waals surface area contributed by atoms with Crippen molar-refractivity contribution in [1.29, 1.82) is 0 Å². The summed E-state index contributed by atoms with van der Waals surface area (Å²) in [6.45, 7) is 4.50. The number of rotatable bonds is 6. The van der Waals surface area contributed by atoms with Gasteiger partial charge in [-0.3, -0.25) is 9.69 Å². The summed E-state index contributed by atoms with van der Waals surface area (Å²) in [7, 11) is 3.80. The van der Waals surface area contributed by atoms with E-state index in [-0.39, 0.29) is 40.8 Å². The van der Waals surface area contributed by atoms with Gasteiger partial charge >= 0.3 is 0 Å². The Morgan fingerprint density at radius 2 is 1.92 bits per heavy atom. The van der Waals surface area contributed by atoms with Gasteiger partial charge in [-0.1, -0.05) is 0 Å². The van der Waals surface area contributed by atoms with Gasteiger partial charge in [0.15, 0.2) is 5.82 Å². The van der Waals surface area contributed by atoms with Gasteiger partial charge in [0.25, 0.3) is 0 Å². The summed E-state index contributed by atoms with van der Waals surface area (Å²) >= 11 is 0. The third-order valence-corrected chi connectivity index (χ3v) is 6.40. The van der Waals surface area contributed by atoms with Crippen molar-refractivity contribution in [3.05, 3.63) is 48.7 Å². The van der Waals surface area contributed by atoms with Gasteiger partial charge in [-0.15, -0.1) is 0 Å². The van der Waals surface area contributed by atoms with Crippen LogP contribution in [0.3, 0.4) is 0 Å². The Hall–Kier alpha value is -4.06. The highest BCUT2D eigenvalue weighted by atomic mass is 19.1. The number of pyridine rings is 2. The van der Waals surface area contributed by atoms with Crippen LogP contribution in [0.1, 0.15) is 32.7 Å². The number of carbonyl (C=O) groups is 1. The molecule has 192 valence electrons. The van der Waals surface area contributed by atoms with E-state index in [9.17, 15) is 13.6 Å². The molecule has 0 aromatic carbocycles. The van der Waals surface area contributed by atoms with Crippen molar-refractivity contribution in [2.45, 2.75) is 38.8 Å². The summed E-state index contributed by atoms with van der Waals surface area (Å²) in [5.41, 5.74) is 1.17. The maximum Gasteiger partial charge on any atom is 0.244 e. The van der Waals surface area contributed by atoms with Gasteiger partial charge in [0.2, 0.25) is 17.8 Å². The highest BCUT2D eigenvalue weighted by molar-refractivity contribution is 5.97. The van der Waals surface area contributed by atoms with E-state index in [2.05, 4.69) is 30.2 Å². The summed E-state index contributed by atoms with van der Waals surface area (Å²) in [4.78, 5) is 37.1. The van der Waals surface area contributed by atoms with Crippen LogP contribution in [0.2, 0.25) is 0 Å². The first-order valence-electron chi connectivity index (χ1n) is 12.0. The highest BCUT2D eigenvalue weighted by Gasteiger charge is 2.31.